The molecule has 8 nitrogen and oxygen atoms in total. The van der Waals surface area contributed by atoms with Gasteiger partial charge in [0.2, 0.25) is 10.0 Å². The Morgan fingerprint density at radius 1 is 1.38 bits per heavy atom. The average molecular weight is 314 g/mol. The van der Waals surface area contributed by atoms with Crippen LogP contribution >= 0.6 is 0 Å². The van der Waals surface area contributed by atoms with Gasteiger partial charge in [0.05, 0.1) is 10.8 Å². The van der Waals surface area contributed by atoms with Gasteiger partial charge in [0.15, 0.2) is 4.90 Å². The zero-order valence-electron chi connectivity index (χ0n) is 11.0. The van der Waals surface area contributed by atoms with Crippen LogP contribution in [-0.2, 0) is 14.8 Å². The maximum Gasteiger partial charge on any atom is 0.307 e. The summed E-state index contributed by atoms with van der Waals surface area (Å²) >= 11 is 0. The molecule has 9 heteroatoms. The third kappa shape index (κ3) is 3.03. The monoisotopic (exact) mass is 314 g/mol. The predicted molar refractivity (Wildman–Crippen MR) is 72.2 cm³/mol. The van der Waals surface area contributed by atoms with Gasteiger partial charge in [-0.3, -0.25) is 14.9 Å². The van der Waals surface area contributed by atoms with Gasteiger partial charge in [-0.1, -0.05) is 12.1 Å². The fourth-order valence-corrected chi connectivity index (χ4v) is 4.01. The van der Waals surface area contributed by atoms with Crippen LogP contribution in [0.1, 0.15) is 12.8 Å². The molecule has 1 aliphatic rings. The van der Waals surface area contributed by atoms with E-state index in [2.05, 4.69) is 0 Å². The van der Waals surface area contributed by atoms with Gasteiger partial charge in [-0.05, 0) is 18.9 Å². The van der Waals surface area contributed by atoms with E-state index in [-0.39, 0.29) is 13.1 Å². The molecule has 0 radical (unpaired) electrons. The van der Waals surface area contributed by atoms with Gasteiger partial charge in [-0.15, -0.1) is 0 Å². The van der Waals surface area contributed by atoms with Crippen molar-refractivity contribution >= 4 is 21.7 Å². The van der Waals surface area contributed by atoms with Crippen molar-refractivity contribution in [2.24, 2.45) is 5.92 Å². The minimum Gasteiger partial charge on any atom is -0.481 e. The average Bonchev–Trinajstić information content (AvgIpc) is 2.47. The largest absolute Gasteiger partial charge is 0.481 e. The maximum atomic E-state index is 12.5. The van der Waals surface area contributed by atoms with E-state index in [0.717, 1.165) is 16.4 Å². The molecule has 1 fully saturated rings. The number of nitrogens with zero attached hydrogens (tertiary/aromatic N) is 2. The summed E-state index contributed by atoms with van der Waals surface area (Å²) < 4.78 is 26.0. The summed E-state index contributed by atoms with van der Waals surface area (Å²) in [5.74, 6) is -1.84. The molecular weight excluding hydrogens is 300 g/mol. The number of para-hydroxylation sites is 1. The summed E-state index contributed by atoms with van der Waals surface area (Å²) in [7, 11) is -4.08. The van der Waals surface area contributed by atoms with Crippen LogP contribution in [0, 0.1) is 16.0 Å². The fraction of sp³-hybridized carbons (Fsp3) is 0.417. The number of carboxylic acids is 1. The van der Waals surface area contributed by atoms with Gasteiger partial charge >= 0.3 is 5.97 Å². The first kappa shape index (κ1) is 15.4. The molecule has 0 bridgehead atoms. The topological polar surface area (TPSA) is 118 Å². The third-order valence-corrected chi connectivity index (χ3v) is 5.33. The molecule has 1 atom stereocenters. The molecule has 1 aliphatic heterocycles. The summed E-state index contributed by atoms with van der Waals surface area (Å²) in [4.78, 5) is 20.8. The zero-order valence-corrected chi connectivity index (χ0v) is 11.8. The molecular formula is C12H14N2O6S. The van der Waals surface area contributed by atoms with Crippen molar-refractivity contribution in [2.45, 2.75) is 17.7 Å². The van der Waals surface area contributed by atoms with E-state index < -0.39 is 37.4 Å². The third-order valence-electron chi connectivity index (χ3n) is 3.41. The summed E-state index contributed by atoms with van der Waals surface area (Å²) in [6, 6.07) is 5.06. The van der Waals surface area contributed by atoms with Crippen molar-refractivity contribution in [1.82, 2.24) is 4.31 Å². The van der Waals surface area contributed by atoms with Gasteiger partial charge < -0.3 is 5.11 Å². The smallest absolute Gasteiger partial charge is 0.307 e. The van der Waals surface area contributed by atoms with Crippen molar-refractivity contribution in [2.75, 3.05) is 13.1 Å². The second-order valence-corrected chi connectivity index (χ2v) is 6.67. The summed E-state index contributed by atoms with van der Waals surface area (Å²) in [5, 5.41) is 20.0. The number of hydrogen-bond donors (Lipinski definition) is 1. The van der Waals surface area contributed by atoms with Crippen LogP contribution in [0.2, 0.25) is 0 Å². The first-order valence-corrected chi connectivity index (χ1v) is 7.74. The number of carbonyl (C=O) groups is 1. The summed E-state index contributed by atoms with van der Waals surface area (Å²) in [6.45, 7) is 0.00186. The molecule has 0 saturated carbocycles. The number of hydrogen-bond acceptors (Lipinski definition) is 5. The number of piperidine rings is 1. The number of aliphatic carboxylic acids is 1. The summed E-state index contributed by atoms with van der Waals surface area (Å²) in [6.07, 6.45) is 0.815. The van der Waals surface area contributed by atoms with Crippen molar-refractivity contribution in [1.29, 1.82) is 0 Å². The van der Waals surface area contributed by atoms with Crippen LogP contribution in [0.25, 0.3) is 0 Å². The number of nitro benzene ring substituents is 1. The minimum atomic E-state index is -4.08. The van der Waals surface area contributed by atoms with Crippen molar-refractivity contribution in [3.8, 4) is 0 Å². The number of carboxylic acid groups (broad SMARTS) is 1. The highest BCUT2D eigenvalue weighted by Crippen LogP contribution is 2.29. The highest BCUT2D eigenvalue weighted by atomic mass is 32.2. The molecule has 1 aromatic carbocycles. The lowest BCUT2D eigenvalue weighted by Crippen LogP contribution is -2.42. The lowest BCUT2D eigenvalue weighted by molar-refractivity contribution is -0.387. The second kappa shape index (κ2) is 5.78. The fourth-order valence-electron chi connectivity index (χ4n) is 2.33. The van der Waals surface area contributed by atoms with Crippen molar-refractivity contribution in [3.05, 3.63) is 34.4 Å². The molecule has 0 aromatic heterocycles. The summed E-state index contributed by atoms with van der Waals surface area (Å²) in [5.41, 5.74) is -0.505. The van der Waals surface area contributed by atoms with E-state index in [4.69, 9.17) is 5.11 Å². The molecule has 1 saturated heterocycles. The Hall–Kier alpha value is -2.00. The SMILES string of the molecule is O=C(O)[C@@H]1CCCN(S(=O)(=O)c2ccccc2[N+](=O)[O-])C1. The van der Waals surface area contributed by atoms with E-state index in [1.807, 2.05) is 0 Å². The van der Waals surface area contributed by atoms with E-state index in [1.165, 1.54) is 12.1 Å². The number of sulfonamides is 1. The van der Waals surface area contributed by atoms with Crippen LogP contribution in [0.5, 0.6) is 0 Å². The van der Waals surface area contributed by atoms with Gasteiger partial charge in [0.25, 0.3) is 5.69 Å². The zero-order chi connectivity index (χ0) is 15.6. The van der Waals surface area contributed by atoms with Crippen LogP contribution < -0.4 is 0 Å². The van der Waals surface area contributed by atoms with Gasteiger partial charge in [-0.2, -0.15) is 4.31 Å². The van der Waals surface area contributed by atoms with E-state index in [1.54, 1.807) is 0 Å². The lowest BCUT2D eigenvalue weighted by atomic mass is 10.0. The standard InChI is InChI=1S/C12H14N2O6S/c15-12(16)9-4-3-7-13(8-9)21(19,20)11-6-2-1-5-10(11)14(17)18/h1-2,5-6,9H,3-4,7-8H2,(H,15,16)/t9-/m1/s1. The quantitative estimate of drug-likeness (QED) is 0.656. The molecule has 0 unspecified atom stereocenters. The maximum absolute atomic E-state index is 12.5. The molecule has 0 spiro atoms. The lowest BCUT2D eigenvalue weighted by Gasteiger charge is -2.29. The molecule has 0 amide bonds. The Morgan fingerprint density at radius 3 is 2.67 bits per heavy atom. The minimum absolute atomic E-state index is 0.163. The Labute approximate surface area is 121 Å². The Morgan fingerprint density at radius 2 is 2.05 bits per heavy atom. The molecule has 1 aromatic rings. The van der Waals surface area contributed by atoms with Gasteiger partial charge in [0, 0.05) is 19.2 Å². The first-order chi connectivity index (χ1) is 9.84. The second-order valence-electron chi connectivity index (χ2n) is 4.77. The van der Waals surface area contributed by atoms with E-state index in [0.29, 0.717) is 12.8 Å². The Bertz CT molecular complexity index is 672. The molecule has 0 aliphatic carbocycles. The normalized spacial score (nSPS) is 20.1. The van der Waals surface area contributed by atoms with Crippen LogP contribution in [-0.4, -0.2) is 41.8 Å². The number of benzene rings is 1. The highest BCUT2D eigenvalue weighted by Gasteiger charge is 2.36. The molecule has 114 valence electrons. The molecule has 1 N–H and O–H groups in total. The van der Waals surface area contributed by atoms with Crippen molar-refractivity contribution < 1.29 is 23.2 Å². The highest BCUT2D eigenvalue weighted by molar-refractivity contribution is 7.89. The van der Waals surface area contributed by atoms with E-state index >= 15 is 0 Å². The number of rotatable bonds is 4. The van der Waals surface area contributed by atoms with Crippen molar-refractivity contribution in [3.63, 3.8) is 0 Å². The number of nitro groups is 1. The van der Waals surface area contributed by atoms with Gasteiger partial charge in [-0.25, -0.2) is 8.42 Å². The Kier molecular flexibility index (Phi) is 4.24. The van der Waals surface area contributed by atoms with Gasteiger partial charge in [0.1, 0.15) is 0 Å². The first-order valence-electron chi connectivity index (χ1n) is 6.30. The van der Waals surface area contributed by atoms with Crippen LogP contribution in [0.15, 0.2) is 29.2 Å². The van der Waals surface area contributed by atoms with Crippen LogP contribution in [0.3, 0.4) is 0 Å². The predicted octanol–water partition coefficient (Wildman–Crippen LogP) is 1.08. The van der Waals surface area contributed by atoms with Crippen LogP contribution in [0.4, 0.5) is 5.69 Å². The molecule has 2 rings (SSSR count). The van der Waals surface area contributed by atoms with E-state index in [9.17, 15) is 23.3 Å². The Balaban J connectivity index is 2.38. The molecule has 21 heavy (non-hydrogen) atoms. The molecule has 1 heterocycles.